The molecular weight excluding hydrogens is 459 g/mol. The standard InChI is InChI=1S/C25H21IO2/c26-16-5-6-17-28-24-15-14-23(20-11-3-4-12-21(20)24)25(27)22-13-7-9-18-8-1-2-10-19(18)22/h1-4,7-15H,5-6,16-17H2. The van der Waals surface area contributed by atoms with Gasteiger partial charge in [0, 0.05) is 16.5 Å². The van der Waals surface area contributed by atoms with E-state index in [1.54, 1.807) is 0 Å². The maximum atomic E-state index is 13.4. The van der Waals surface area contributed by atoms with Crippen LogP contribution in [-0.2, 0) is 0 Å². The van der Waals surface area contributed by atoms with Crippen LogP contribution in [0.2, 0.25) is 0 Å². The molecule has 4 aromatic rings. The molecule has 0 aliphatic carbocycles. The smallest absolute Gasteiger partial charge is 0.194 e. The van der Waals surface area contributed by atoms with Crippen molar-refractivity contribution in [1.82, 2.24) is 0 Å². The van der Waals surface area contributed by atoms with Gasteiger partial charge in [0.15, 0.2) is 5.78 Å². The molecule has 0 spiro atoms. The predicted octanol–water partition coefficient (Wildman–Crippen LogP) is 6.82. The Balaban J connectivity index is 1.76. The minimum Gasteiger partial charge on any atom is -0.493 e. The number of rotatable bonds is 7. The predicted molar refractivity (Wildman–Crippen MR) is 125 cm³/mol. The number of carbonyl (C=O) groups excluding carboxylic acids is 1. The van der Waals surface area contributed by atoms with Gasteiger partial charge in [-0.15, -0.1) is 0 Å². The molecule has 4 rings (SSSR count). The number of unbranched alkanes of at least 4 members (excludes halogenated alkanes) is 1. The molecule has 0 radical (unpaired) electrons. The van der Waals surface area contributed by atoms with Crippen molar-refractivity contribution < 1.29 is 9.53 Å². The van der Waals surface area contributed by atoms with E-state index in [9.17, 15) is 4.79 Å². The second-order valence-electron chi connectivity index (χ2n) is 6.76. The molecule has 0 atom stereocenters. The molecule has 0 heterocycles. The number of ketones is 1. The Morgan fingerprint density at radius 3 is 2.21 bits per heavy atom. The van der Waals surface area contributed by atoms with E-state index < -0.39 is 0 Å². The zero-order valence-corrected chi connectivity index (χ0v) is 17.7. The summed E-state index contributed by atoms with van der Waals surface area (Å²) < 4.78 is 7.16. The average Bonchev–Trinajstić information content (AvgIpc) is 2.76. The van der Waals surface area contributed by atoms with Crippen LogP contribution in [0.3, 0.4) is 0 Å². The summed E-state index contributed by atoms with van der Waals surface area (Å²) in [6, 6.07) is 25.8. The Hall–Kier alpha value is -2.40. The van der Waals surface area contributed by atoms with Gasteiger partial charge in [0.2, 0.25) is 0 Å². The van der Waals surface area contributed by atoms with Crippen molar-refractivity contribution >= 4 is 49.9 Å². The number of hydrogen-bond acceptors (Lipinski definition) is 2. The van der Waals surface area contributed by atoms with Crippen LogP contribution in [0.25, 0.3) is 21.5 Å². The van der Waals surface area contributed by atoms with E-state index in [1.165, 1.54) is 0 Å². The second kappa shape index (κ2) is 8.74. The highest BCUT2D eigenvalue weighted by atomic mass is 127. The highest BCUT2D eigenvalue weighted by Crippen LogP contribution is 2.31. The Kier molecular flexibility index (Phi) is 5.91. The summed E-state index contributed by atoms with van der Waals surface area (Å²) in [5.41, 5.74) is 1.45. The van der Waals surface area contributed by atoms with Gasteiger partial charge in [0.25, 0.3) is 0 Å². The van der Waals surface area contributed by atoms with Crippen LogP contribution >= 0.6 is 22.6 Å². The normalized spacial score (nSPS) is 11.0. The number of carbonyl (C=O) groups is 1. The summed E-state index contributed by atoms with van der Waals surface area (Å²) in [5.74, 6) is 0.892. The molecule has 140 valence electrons. The van der Waals surface area contributed by atoms with Gasteiger partial charge in [-0.05, 0) is 45.6 Å². The maximum Gasteiger partial charge on any atom is 0.194 e. The molecule has 0 amide bonds. The van der Waals surface area contributed by atoms with Gasteiger partial charge in [-0.1, -0.05) is 89.3 Å². The topological polar surface area (TPSA) is 26.3 Å². The Labute approximate surface area is 178 Å². The van der Waals surface area contributed by atoms with Crippen molar-refractivity contribution in [3.63, 3.8) is 0 Å². The molecule has 0 unspecified atom stereocenters. The Bertz CT molecular complexity index is 1130. The first-order chi connectivity index (χ1) is 13.8. The minimum atomic E-state index is 0.0458. The fourth-order valence-electron chi connectivity index (χ4n) is 3.54. The SMILES string of the molecule is O=C(c1cccc2ccccc12)c1ccc(OCCCCI)c2ccccc12. The molecule has 4 aromatic carbocycles. The molecule has 0 saturated carbocycles. The number of hydrogen-bond donors (Lipinski definition) is 0. The van der Waals surface area contributed by atoms with Crippen LogP contribution in [0.5, 0.6) is 5.75 Å². The summed E-state index contributed by atoms with van der Waals surface area (Å²) in [4.78, 5) is 13.4. The van der Waals surface area contributed by atoms with Crippen molar-refractivity contribution in [2.45, 2.75) is 12.8 Å². The fraction of sp³-hybridized carbons (Fsp3) is 0.160. The largest absolute Gasteiger partial charge is 0.493 e. The van der Waals surface area contributed by atoms with Gasteiger partial charge in [-0.2, -0.15) is 0 Å². The molecule has 0 aliphatic rings. The highest BCUT2D eigenvalue weighted by Gasteiger charge is 2.16. The molecule has 3 heteroatoms. The highest BCUT2D eigenvalue weighted by molar-refractivity contribution is 14.1. The van der Waals surface area contributed by atoms with Gasteiger partial charge in [0.1, 0.15) is 5.75 Å². The van der Waals surface area contributed by atoms with E-state index in [0.717, 1.165) is 50.1 Å². The van der Waals surface area contributed by atoms with Crippen LogP contribution in [0.4, 0.5) is 0 Å². The zero-order chi connectivity index (χ0) is 19.3. The lowest BCUT2D eigenvalue weighted by molar-refractivity contribution is 0.104. The maximum absolute atomic E-state index is 13.4. The molecule has 0 N–H and O–H groups in total. The lowest BCUT2D eigenvalue weighted by Gasteiger charge is -2.13. The lowest BCUT2D eigenvalue weighted by atomic mass is 9.93. The molecule has 0 aromatic heterocycles. The Morgan fingerprint density at radius 2 is 1.39 bits per heavy atom. The summed E-state index contributed by atoms with van der Waals surface area (Å²) in [7, 11) is 0. The number of alkyl halides is 1. The van der Waals surface area contributed by atoms with Crippen LogP contribution in [-0.4, -0.2) is 16.8 Å². The van der Waals surface area contributed by atoms with Crippen LogP contribution < -0.4 is 4.74 Å². The number of ether oxygens (including phenoxy) is 1. The van der Waals surface area contributed by atoms with Gasteiger partial charge in [-0.25, -0.2) is 0 Å². The zero-order valence-electron chi connectivity index (χ0n) is 15.5. The Morgan fingerprint density at radius 1 is 0.714 bits per heavy atom. The summed E-state index contributed by atoms with van der Waals surface area (Å²) in [6.45, 7) is 0.698. The van der Waals surface area contributed by atoms with E-state index >= 15 is 0 Å². The third-order valence-corrected chi connectivity index (χ3v) is 5.71. The van der Waals surface area contributed by atoms with Crippen molar-refractivity contribution in [3.8, 4) is 5.75 Å². The van der Waals surface area contributed by atoms with Crippen LogP contribution in [0.1, 0.15) is 28.8 Å². The van der Waals surface area contributed by atoms with Crippen molar-refractivity contribution in [3.05, 3.63) is 90.0 Å². The second-order valence-corrected chi connectivity index (χ2v) is 7.84. The molecule has 0 saturated heterocycles. The molecule has 28 heavy (non-hydrogen) atoms. The number of halogens is 1. The molecule has 0 aliphatic heterocycles. The van der Waals surface area contributed by atoms with E-state index in [1.807, 2.05) is 78.9 Å². The van der Waals surface area contributed by atoms with Gasteiger partial charge >= 0.3 is 0 Å². The first kappa shape index (κ1) is 18.9. The number of benzene rings is 4. The number of fused-ring (bicyclic) bond motifs is 2. The van der Waals surface area contributed by atoms with E-state index in [-0.39, 0.29) is 5.78 Å². The molecule has 2 nitrogen and oxygen atoms in total. The molecular formula is C25H21IO2. The molecule has 0 fully saturated rings. The summed E-state index contributed by atoms with van der Waals surface area (Å²) in [5, 5.41) is 3.99. The average molecular weight is 480 g/mol. The van der Waals surface area contributed by atoms with E-state index in [0.29, 0.717) is 12.2 Å². The van der Waals surface area contributed by atoms with E-state index in [2.05, 4.69) is 22.6 Å². The first-order valence-electron chi connectivity index (χ1n) is 9.52. The van der Waals surface area contributed by atoms with Gasteiger partial charge < -0.3 is 4.74 Å². The van der Waals surface area contributed by atoms with Crippen molar-refractivity contribution in [1.29, 1.82) is 0 Å². The summed E-state index contributed by atoms with van der Waals surface area (Å²) >= 11 is 2.39. The third-order valence-electron chi connectivity index (χ3n) is 4.95. The summed E-state index contributed by atoms with van der Waals surface area (Å²) in [6.07, 6.45) is 2.18. The molecule has 0 bridgehead atoms. The minimum absolute atomic E-state index is 0.0458. The van der Waals surface area contributed by atoms with Crippen molar-refractivity contribution in [2.75, 3.05) is 11.0 Å². The van der Waals surface area contributed by atoms with Crippen LogP contribution in [0, 0.1) is 0 Å². The fourth-order valence-corrected chi connectivity index (χ4v) is 4.08. The van der Waals surface area contributed by atoms with E-state index in [4.69, 9.17) is 4.74 Å². The van der Waals surface area contributed by atoms with Gasteiger partial charge in [0.05, 0.1) is 6.61 Å². The first-order valence-corrected chi connectivity index (χ1v) is 11.0. The quantitative estimate of drug-likeness (QED) is 0.126. The lowest BCUT2D eigenvalue weighted by Crippen LogP contribution is -2.04. The third kappa shape index (κ3) is 3.76. The van der Waals surface area contributed by atoms with Gasteiger partial charge in [-0.3, -0.25) is 4.79 Å². The van der Waals surface area contributed by atoms with Crippen molar-refractivity contribution in [2.24, 2.45) is 0 Å². The van der Waals surface area contributed by atoms with Crippen LogP contribution in [0.15, 0.2) is 78.9 Å². The monoisotopic (exact) mass is 480 g/mol.